The molecule has 0 spiro atoms. The Kier molecular flexibility index (Phi) is 6.77. The minimum atomic E-state index is 0. The van der Waals surface area contributed by atoms with Crippen LogP contribution in [0.5, 0.6) is 0 Å². The third-order valence-corrected chi connectivity index (χ3v) is 1.09. The highest BCUT2D eigenvalue weighted by atomic mass is 35.5. The zero-order valence-corrected chi connectivity index (χ0v) is 7.14. The van der Waals surface area contributed by atoms with Crippen LogP contribution in [0.3, 0.4) is 0 Å². The molecule has 2 nitrogen and oxygen atoms in total. The van der Waals surface area contributed by atoms with Crippen molar-refractivity contribution < 1.29 is 17.0 Å². The summed E-state index contributed by atoms with van der Waals surface area (Å²) in [6.07, 6.45) is 3.62. The summed E-state index contributed by atoms with van der Waals surface area (Å²) in [6.45, 7) is 8.76. The van der Waals surface area contributed by atoms with Gasteiger partial charge < -0.3 is 12.4 Å². The molecule has 0 saturated carbocycles. The minimum Gasteiger partial charge on any atom is -1.00 e. The Bertz CT molecular complexity index is 98.2. The number of hydrogen-bond donors (Lipinski definition) is 1. The van der Waals surface area contributed by atoms with Crippen molar-refractivity contribution in [2.75, 3.05) is 20.1 Å². The molecule has 0 aromatic carbocycles. The van der Waals surface area contributed by atoms with Gasteiger partial charge in [-0.1, -0.05) is 13.2 Å². The fourth-order valence-electron chi connectivity index (χ4n) is 0.664. The molecule has 0 atom stereocenters. The van der Waals surface area contributed by atoms with E-state index in [-0.39, 0.29) is 12.4 Å². The third kappa shape index (κ3) is 5.82. The zero-order valence-electron chi connectivity index (χ0n) is 6.39. The number of rotatable bonds is 4. The summed E-state index contributed by atoms with van der Waals surface area (Å²) >= 11 is 0. The number of likely N-dealkylation sites (N-methyl/N-ethyl adjacent to an activating group) is 1. The van der Waals surface area contributed by atoms with Crippen LogP contribution in [0.2, 0.25) is 0 Å². The van der Waals surface area contributed by atoms with Gasteiger partial charge in [0.25, 0.3) is 0 Å². The van der Waals surface area contributed by atoms with Crippen molar-refractivity contribution in [2.45, 2.75) is 0 Å². The maximum Gasteiger partial charge on any atom is 0.114 e. The van der Waals surface area contributed by atoms with E-state index in [9.17, 15) is 0 Å². The normalized spacial score (nSPS) is 9.80. The lowest BCUT2D eigenvalue weighted by Crippen LogP contribution is -3.00. The highest BCUT2D eigenvalue weighted by Crippen LogP contribution is 1.90. The molecule has 2 N–H and O–H groups in total. The van der Waals surface area contributed by atoms with Gasteiger partial charge >= 0.3 is 0 Å². The molecule has 0 aromatic rings. The topological polar surface area (TPSA) is 26.0 Å². The largest absolute Gasteiger partial charge is 1.00 e. The summed E-state index contributed by atoms with van der Waals surface area (Å²) < 4.78 is 0.451. The predicted octanol–water partition coefficient (Wildman–Crippen LogP) is -2.32. The van der Waals surface area contributed by atoms with E-state index in [1.54, 1.807) is 0 Å². The van der Waals surface area contributed by atoms with Gasteiger partial charge in [-0.25, -0.2) is 4.59 Å². The molecule has 0 aliphatic heterocycles. The summed E-state index contributed by atoms with van der Waals surface area (Å²) in [6, 6.07) is 0. The van der Waals surface area contributed by atoms with Crippen molar-refractivity contribution in [3.05, 3.63) is 25.3 Å². The van der Waals surface area contributed by atoms with Gasteiger partial charge in [0, 0.05) is 0 Å². The van der Waals surface area contributed by atoms with Crippen molar-refractivity contribution in [3.63, 3.8) is 0 Å². The number of nitrogens with two attached hydrogens (primary N) is 1. The maximum atomic E-state index is 5.73. The molecular weight excluding hydrogens is 148 g/mol. The van der Waals surface area contributed by atoms with Crippen LogP contribution in [0.15, 0.2) is 25.3 Å². The fourth-order valence-corrected chi connectivity index (χ4v) is 0.664. The van der Waals surface area contributed by atoms with E-state index >= 15 is 0 Å². The standard InChI is InChI=1S/C7H15N2.ClH/c1-4-6-9(3,8)7-5-2;/h4-5H,1-2,6-8H2,3H3;1H/q+1;/p-1. The molecule has 0 unspecified atom stereocenters. The lowest BCUT2D eigenvalue weighted by Gasteiger charge is -2.24. The molecule has 0 heterocycles. The summed E-state index contributed by atoms with van der Waals surface area (Å²) in [5.41, 5.74) is 0. The van der Waals surface area contributed by atoms with Gasteiger partial charge in [-0.2, -0.15) is 5.84 Å². The number of nitrogens with zero attached hydrogens (tertiary/aromatic N) is 1. The van der Waals surface area contributed by atoms with E-state index in [0.29, 0.717) is 4.59 Å². The van der Waals surface area contributed by atoms with Gasteiger partial charge in [-0.15, -0.1) is 0 Å². The molecular formula is C7H15ClN2. The first-order chi connectivity index (χ1) is 4.12. The van der Waals surface area contributed by atoms with Crippen molar-refractivity contribution in [1.82, 2.24) is 0 Å². The maximum absolute atomic E-state index is 5.73. The minimum absolute atomic E-state index is 0. The van der Waals surface area contributed by atoms with E-state index in [0.717, 1.165) is 13.1 Å². The molecule has 0 aliphatic rings. The lowest BCUT2D eigenvalue weighted by atomic mass is 10.4. The van der Waals surface area contributed by atoms with Crippen molar-refractivity contribution >= 4 is 0 Å². The SMILES string of the molecule is C=CC[N+](C)(N)CC=C.[Cl-]. The van der Waals surface area contributed by atoms with Crippen LogP contribution < -0.4 is 18.2 Å². The predicted molar refractivity (Wildman–Crippen MR) is 40.5 cm³/mol. The molecule has 0 radical (unpaired) electrons. The van der Waals surface area contributed by atoms with Gasteiger partial charge in [0.05, 0.1) is 7.05 Å². The van der Waals surface area contributed by atoms with Crippen LogP contribution in [-0.4, -0.2) is 24.7 Å². The van der Waals surface area contributed by atoms with Crippen LogP contribution in [0.4, 0.5) is 0 Å². The lowest BCUT2D eigenvalue weighted by molar-refractivity contribution is -0.910. The Morgan fingerprint density at radius 3 is 1.80 bits per heavy atom. The van der Waals surface area contributed by atoms with Gasteiger partial charge in [0.1, 0.15) is 13.1 Å². The van der Waals surface area contributed by atoms with Crippen LogP contribution in [0.1, 0.15) is 0 Å². The monoisotopic (exact) mass is 162 g/mol. The Hall–Kier alpha value is -0.310. The Morgan fingerprint density at radius 1 is 1.30 bits per heavy atom. The summed E-state index contributed by atoms with van der Waals surface area (Å²) in [7, 11) is 1.93. The van der Waals surface area contributed by atoms with E-state index in [1.165, 1.54) is 0 Å². The van der Waals surface area contributed by atoms with Crippen molar-refractivity contribution in [2.24, 2.45) is 5.84 Å². The van der Waals surface area contributed by atoms with Gasteiger partial charge in [0.15, 0.2) is 0 Å². The van der Waals surface area contributed by atoms with Crippen LogP contribution >= 0.6 is 0 Å². The summed E-state index contributed by atoms with van der Waals surface area (Å²) in [4.78, 5) is 0. The van der Waals surface area contributed by atoms with E-state index in [2.05, 4.69) is 13.2 Å². The molecule has 0 bridgehead atoms. The molecule has 0 aliphatic carbocycles. The Morgan fingerprint density at radius 2 is 1.60 bits per heavy atom. The average Bonchev–Trinajstić information content (AvgIpc) is 1.64. The molecule has 60 valence electrons. The van der Waals surface area contributed by atoms with Gasteiger partial charge in [0.2, 0.25) is 0 Å². The molecule has 0 rings (SSSR count). The second kappa shape index (κ2) is 5.47. The molecule has 10 heavy (non-hydrogen) atoms. The van der Waals surface area contributed by atoms with E-state index in [1.807, 2.05) is 19.2 Å². The van der Waals surface area contributed by atoms with Gasteiger partial charge in [-0.3, -0.25) is 0 Å². The van der Waals surface area contributed by atoms with Crippen LogP contribution in [0, 0.1) is 0 Å². The second-order valence-corrected chi connectivity index (χ2v) is 2.42. The molecule has 0 saturated heterocycles. The number of quaternary nitrogens is 1. The summed E-state index contributed by atoms with van der Waals surface area (Å²) in [5.74, 6) is 5.73. The smallest absolute Gasteiger partial charge is 0.114 e. The molecule has 0 aromatic heterocycles. The van der Waals surface area contributed by atoms with E-state index < -0.39 is 0 Å². The molecule has 0 fully saturated rings. The summed E-state index contributed by atoms with van der Waals surface area (Å²) in [5, 5.41) is 0. The van der Waals surface area contributed by atoms with Crippen molar-refractivity contribution in [1.29, 1.82) is 0 Å². The fraction of sp³-hybridized carbons (Fsp3) is 0.429. The van der Waals surface area contributed by atoms with E-state index in [4.69, 9.17) is 5.84 Å². The molecule has 3 heteroatoms. The average molecular weight is 163 g/mol. The highest BCUT2D eigenvalue weighted by molar-refractivity contribution is 4.68. The first-order valence-corrected chi connectivity index (χ1v) is 2.97. The Labute approximate surface area is 69.0 Å². The van der Waals surface area contributed by atoms with Crippen molar-refractivity contribution in [3.8, 4) is 0 Å². The quantitative estimate of drug-likeness (QED) is 0.214. The zero-order chi connectivity index (χ0) is 7.33. The second-order valence-electron chi connectivity index (χ2n) is 2.42. The van der Waals surface area contributed by atoms with Crippen LogP contribution in [-0.2, 0) is 0 Å². The number of hydrogen-bond acceptors (Lipinski definition) is 1. The molecule has 0 amide bonds. The third-order valence-electron chi connectivity index (χ3n) is 1.09. The first kappa shape index (κ1) is 12.4. The number of halogens is 1. The Balaban J connectivity index is 0. The highest BCUT2D eigenvalue weighted by Gasteiger charge is 2.09. The van der Waals surface area contributed by atoms with Gasteiger partial charge in [-0.05, 0) is 12.2 Å². The first-order valence-electron chi connectivity index (χ1n) is 2.97. The van der Waals surface area contributed by atoms with Crippen LogP contribution in [0.25, 0.3) is 0 Å².